The number of ether oxygens (including phenoxy) is 1. The molecule has 130 valence electrons. The van der Waals surface area contributed by atoms with Crippen LogP contribution in [0.5, 0.6) is 5.75 Å². The molecule has 7 nitrogen and oxygen atoms in total. The number of hydrogen-bond acceptors (Lipinski definition) is 3. The van der Waals surface area contributed by atoms with E-state index < -0.39 is 26.7 Å². The molecule has 0 aliphatic heterocycles. The fraction of sp³-hybridized carbons (Fsp3) is 0.143. The van der Waals surface area contributed by atoms with E-state index in [1.54, 1.807) is 6.07 Å². The van der Waals surface area contributed by atoms with E-state index >= 15 is 0 Å². The van der Waals surface area contributed by atoms with Crippen molar-refractivity contribution in [2.24, 2.45) is 0 Å². The van der Waals surface area contributed by atoms with Crippen molar-refractivity contribution in [2.75, 3.05) is 0 Å². The van der Waals surface area contributed by atoms with Gasteiger partial charge in [0.2, 0.25) is 0 Å². The number of hydrogen-bond donors (Lipinski definition) is 4. The van der Waals surface area contributed by atoms with Crippen molar-refractivity contribution in [3.63, 3.8) is 0 Å². The van der Waals surface area contributed by atoms with Crippen molar-refractivity contribution in [3.8, 4) is 5.75 Å². The van der Waals surface area contributed by atoms with E-state index in [0.717, 1.165) is 0 Å². The van der Waals surface area contributed by atoms with E-state index in [9.17, 15) is 28.7 Å². The molecule has 0 amide bonds. The Morgan fingerprint density at radius 1 is 0.875 bits per heavy atom. The average molecular weight is 393 g/mol. The molecule has 0 unspecified atom stereocenters. The van der Waals surface area contributed by atoms with Crippen LogP contribution in [0.1, 0.15) is 5.56 Å². The summed E-state index contributed by atoms with van der Waals surface area (Å²) >= 11 is 5.75. The lowest BCUT2D eigenvalue weighted by Crippen LogP contribution is -2.38. The topological polar surface area (TPSA) is 124 Å². The molecule has 0 bridgehead atoms. The molecular formula is C14H15ClO7P2. The van der Waals surface area contributed by atoms with Gasteiger partial charge in [-0.25, -0.2) is 0 Å². The molecule has 2 rings (SSSR count). The van der Waals surface area contributed by atoms with Gasteiger partial charge in [0.15, 0.2) is 0 Å². The van der Waals surface area contributed by atoms with E-state index in [-0.39, 0.29) is 11.3 Å². The largest absolute Gasteiger partial charge is 0.462 e. The molecule has 0 heterocycles. The van der Waals surface area contributed by atoms with Gasteiger partial charge in [-0.05, 0) is 29.8 Å². The third-order valence-electron chi connectivity index (χ3n) is 3.28. The molecule has 2 aromatic carbocycles. The molecule has 0 aliphatic rings. The summed E-state index contributed by atoms with van der Waals surface area (Å²) in [6.07, 6.45) is -0.701. The molecule has 2 aromatic rings. The standard InChI is InChI=1S/C14H15ClO7P2/c15-12-8-6-11(7-9-12)10-14(23(16,17)18,24(19,20)21)22-13-4-2-1-3-5-13/h1-9H,10H2,(H2,16,17,18)(H2,19,20,21). The highest BCUT2D eigenvalue weighted by molar-refractivity contribution is 7.72. The fourth-order valence-corrected chi connectivity index (χ4v) is 4.79. The Balaban J connectivity index is 2.56. The van der Waals surface area contributed by atoms with Gasteiger partial charge in [-0.1, -0.05) is 41.9 Å². The molecule has 0 spiro atoms. The van der Waals surface area contributed by atoms with Crippen LogP contribution >= 0.6 is 26.8 Å². The quantitative estimate of drug-likeness (QED) is 0.557. The molecule has 0 aliphatic carbocycles. The van der Waals surface area contributed by atoms with Gasteiger partial charge in [-0.2, -0.15) is 0 Å². The van der Waals surface area contributed by atoms with Crippen molar-refractivity contribution >= 4 is 26.8 Å². The fourth-order valence-electron chi connectivity index (χ4n) is 2.08. The third kappa shape index (κ3) is 4.08. The van der Waals surface area contributed by atoms with Crippen LogP contribution in [0.2, 0.25) is 5.02 Å². The van der Waals surface area contributed by atoms with E-state index in [1.165, 1.54) is 48.5 Å². The minimum atomic E-state index is -5.39. The molecule has 4 N–H and O–H groups in total. The maximum Gasteiger partial charge on any atom is 0.381 e. The van der Waals surface area contributed by atoms with Gasteiger partial charge in [-0.3, -0.25) is 9.13 Å². The Morgan fingerprint density at radius 2 is 1.38 bits per heavy atom. The highest BCUT2D eigenvalue weighted by Crippen LogP contribution is 2.70. The molecule has 0 saturated carbocycles. The third-order valence-corrected chi connectivity index (χ3v) is 7.42. The van der Waals surface area contributed by atoms with Gasteiger partial charge < -0.3 is 24.3 Å². The molecule has 0 fully saturated rings. The number of para-hydroxylation sites is 1. The minimum Gasteiger partial charge on any atom is -0.462 e. The van der Waals surface area contributed by atoms with Crippen molar-refractivity contribution in [1.82, 2.24) is 0 Å². The normalized spacial score (nSPS) is 12.9. The van der Waals surface area contributed by atoms with E-state index in [2.05, 4.69) is 0 Å². The Kier molecular flexibility index (Phi) is 5.57. The second kappa shape index (κ2) is 6.98. The van der Waals surface area contributed by atoms with Gasteiger partial charge in [0, 0.05) is 11.4 Å². The van der Waals surface area contributed by atoms with Crippen LogP contribution in [-0.4, -0.2) is 24.7 Å². The van der Waals surface area contributed by atoms with Crippen LogP contribution in [0.3, 0.4) is 0 Å². The first-order chi connectivity index (χ1) is 11.1. The van der Waals surface area contributed by atoms with Gasteiger partial charge in [0.05, 0.1) is 0 Å². The monoisotopic (exact) mass is 392 g/mol. The summed E-state index contributed by atoms with van der Waals surface area (Å²) in [6, 6.07) is 13.1. The summed E-state index contributed by atoms with van der Waals surface area (Å²) < 4.78 is 29.3. The van der Waals surface area contributed by atoms with E-state index in [1.807, 2.05) is 0 Å². The molecule has 0 saturated heterocycles. The first-order valence-corrected chi connectivity index (χ1v) is 10.3. The van der Waals surface area contributed by atoms with Crippen LogP contribution in [0, 0.1) is 0 Å². The predicted molar refractivity (Wildman–Crippen MR) is 89.0 cm³/mol. The van der Waals surface area contributed by atoms with Crippen LogP contribution in [0.4, 0.5) is 0 Å². The number of rotatable bonds is 6. The number of halogens is 1. The summed E-state index contributed by atoms with van der Waals surface area (Å²) in [5, 5.41) is -2.66. The zero-order valence-corrected chi connectivity index (χ0v) is 14.7. The summed E-state index contributed by atoms with van der Waals surface area (Å²) in [5.41, 5.74) is 0.252. The molecule has 24 heavy (non-hydrogen) atoms. The maximum atomic E-state index is 12.0. The zero-order valence-electron chi connectivity index (χ0n) is 12.2. The van der Waals surface area contributed by atoms with Crippen molar-refractivity contribution in [1.29, 1.82) is 0 Å². The lowest BCUT2D eigenvalue weighted by Gasteiger charge is -2.35. The summed E-state index contributed by atoms with van der Waals surface area (Å²) in [4.78, 5) is 38.8. The van der Waals surface area contributed by atoms with Crippen LogP contribution in [-0.2, 0) is 15.6 Å². The zero-order chi connectivity index (χ0) is 18.0. The molecule has 0 aromatic heterocycles. The highest BCUT2D eigenvalue weighted by Gasteiger charge is 2.63. The predicted octanol–water partition coefficient (Wildman–Crippen LogP) is 2.97. The lowest BCUT2D eigenvalue weighted by molar-refractivity contribution is 0.152. The maximum absolute atomic E-state index is 12.0. The Bertz CT molecular complexity index is 761. The van der Waals surface area contributed by atoms with Gasteiger partial charge in [-0.15, -0.1) is 0 Å². The minimum absolute atomic E-state index is 0.0712. The Hall–Kier alpha value is -1.17. The SMILES string of the molecule is O=P(O)(O)C(Cc1ccc(Cl)cc1)(Oc1ccccc1)P(=O)(O)O. The van der Waals surface area contributed by atoms with Crippen molar-refractivity contribution < 1.29 is 33.4 Å². The molecule has 0 atom stereocenters. The average Bonchev–Trinajstić information content (AvgIpc) is 2.47. The summed E-state index contributed by atoms with van der Waals surface area (Å²) in [5.74, 6) is -0.0712. The van der Waals surface area contributed by atoms with Crippen LogP contribution in [0.15, 0.2) is 54.6 Å². The summed E-state index contributed by atoms with van der Waals surface area (Å²) in [6.45, 7) is 0. The Morgan fingerprint density at radius 3 is 1.83 bits per heavy atom. The molecule has 0 radical (unpaired) electrons. The van der Waals surface area contributed by atoms with Crippen molar-refractivity contribution in [2.45, 2.75) is 11.5 Å². The van der Waals surface area contributed by atoms with Gasteiger partial charge >= 0.3 is 20.3 Å². The smallest absolute Gasteiger partial charge is 0.381 e. The van der Waals surface area contributed by atoms with Crippen molar-refractivity contribution in [3.05, 3.63) is 65.2 Å². The molecular weight excluding hydrogens is 378 g/mol. The van der Waals surface area contributed by atoms with Gasteiger partial charge in [0.1, 0.15) is 5.75 Å². The Labute approximate surface area is 143 Å². The molecule has 10 heteroatoms. The van der Waals surface area contributed by atoms with Crippen LogP contribution < -0.4 is 4.74 Å². The van der Waals surface area contributed by atoms with Gasteiger partial charge in [0.25, 0.3) is 0 Å². The first-order valence-electron chi connectivity index (χ1n) is 6.65. The van der Waals surface area contributed by atoms with Crippen LogP contribution in [0.25, 0.3) is 0 Å². The van der Waals surface area contributed by atoms with E-state index in [4.69, 9.17) is 16.3 Å². The van der Waals surface area contributed by atoms with E-state index in [0.29, 0.717) is 5.02 Å². The number of benzene rings is 2. The second-order valence-corrected chi connectivity index (χ2v) is 9.46. The lowest BCUT2D eigenvalue weighted by atomic mass is 10.1. The summed E-state index contributed by atoms with van der Waals surface area (Å²) in [7, 11) is -10.8. The second-order valence-electron chi connectivity index (χ2n) is 5.05. The highest BCUT2D eigenvalue weighted by atomic mass is 35.5. The first kappa shape index (κ1) is 19.2.